The van der Waals surface area contributed by atoms with E-state index in [4.69, 9.17) is 0 Å². The minimum atomic E-state index is -4.87. The lowest BCUT2D eigenvalue weighted by molar-refractivity contribution is -0.140. The summed E-state index contributed by atoms with van der Waals surface area (Å²) < 4.78 is 67.7. The van der Waals surface area contributed by atoms with Crippen molar-refractivity contribution in [1.82, 2.24) is 4.72 Å². The molecule has 0 aromatic heterocycles. The molecule has 1 amide bonds. The fourth-order valence-corrected chi connectivity index (χ4v) is 12.0. The number of rotatable bonds is 7. The van der Waals surface area contributed by atoms with Gasteiger partial charge in [-0.25, -0.2) is 13.1 Å². The van der Waals surface area contributed by atoms with Crippen molar-refractivity contribution in [2.24, 2.45) is 52.3 Å². The third-order valence-electron chi connectivity index (χ3n) is 12.8. The zero-order chi connectivity index (χ0) is 32.2. The molecule has 2 bridgehead atoms. The summed E-state index contributed by atoms with van der Waals surface area (Å²) in [4.78, 5) is 11.8. The summed E-state index contributed by atoms with van der Waals surface area (Å²) in [5.41, 5.74) is -1.22. The highest BCUT2D eigenvalue weighted by Crippen LogP contribution is 2.67. The van der Waals surface area contributed by atoms with Crippen molar-refractivity contribution in [1.29, 1.82) is 0 Å². The number of alkyl halides is 3. The summed E-state index contributed by atoms with van der Waals surface area (Å²) in [6, 6.07) is 3.87. The van der Waals surface area contributed by atoms with E-state index in [2.05, 4.69) is 27.7 Å². The number of fused-ring (bicyclic) bond motifs is 6. The van der Waals surface area contributed by atoms with Crippen LogP contribution in [0.5, 0.6) is 0 Å². The highest BCUT2D eigenvalue weighted by molar-refractivity contribution is 7.90. The van der Waals surface area contributed by atoms with E-state index in [1.54, 1.807) is 0 Å². The lowest BCUT2D eigenvalue weighted by Gasteiger charge is -2.55. The molecule has 248 valence electrons. The van der Waals surface area contributed by atoms with Gasteiger partial charge in [-0.2, -0.15) is 13.2 Å². The molecule has 11 atom stereocenters. The predicted octanol–water partition coefficient (Wildman–Crippen LogP) is 6.94. The fourth-order valence-electron chi connectivity index (χ4n) is 10.8. The van der Waals surface area contributed by atoms with Crippen molar-refractivity contribution in [3.8, 4) is 0 Å². The molecule has 1 aromatic carbocycles. The van der Waals surface area contributed by atoms with Crippen LogP contribution < -0.4 is 4.72 Å². The number of sulfonamides is 1. The van der Waals surface area contributed by atoms with Gasteiger partial charge < -0.3 is 10.2 Å². The van der Waals surface area contributed by atoms with E-state index < -0.39 is 38.7 Å². The number of hydrogen-bond donors (Lipinski definition) is 3. The van der Waals surface area contributed by atoms with E-state index in [9.17, 15) is 36.6 Å². The Balaban J connectivity index is 1.29. The molecular formula is C34H50F3NO5S. The number of halogens is 3. The Morgan fingerprint density at radius 1 is 1.07 bits per heavy atom. The molecule has 0 heterocycles. The summed E-state index contributed by atoms with van der Waals surface area (Å²) in [5.74, 6) is 1.06. The fraction of sp³-hybridized carbons (Fsp3) is 0.794. The number of amides is 1. The Bertz CT molecular complexity index is 1320. The van der Waals surface area contributed by atoms with Gasteiger partial charge in [0.1, 0.15) is 0 Å². The Morgan fingerprint density at radius 2 is 1.77 bits per heavy atom. The van der Waals surface area contributed by atoms with Gasteiger partial charge in [-0.05, 0) is 122 Å². The number of benzene rings is 1. The van der Waals surface area contributed by atoms with Crippen molar-refractivity contribution in [2.45, 2.75) is 122 Å². The van der Waals surface area contributed by atoms with E-state index in [0.717, 1.165) is 69.9 Å². The van der Waals surface area contributed by atoms with Crippen LogP contribution in [-0.4, -0.2) is 36.7 Å². The Morgan fingerprint density at radius 3 is 2.45 bits per heavy atom. The van der Waals surface area contributed by atoms with Gasteiger partial charge in [0, 0.05) is 6.42 Å². The molecule has 5 rings (SSSR count). The Labute approximate surface area is 260 Å². The van der Waals surface area contributed by atoms with Gasteiger partial charge in [0.05, 0.1) is 22.7 Å². The van der Waals surface area contributed by atoms with E-state index in [-0.39, 0.29) is 41.1 Å². The smallest absolute Gasteiger partial charge is 0.393 e. The molecule has 0 aliphatic heterocycles. The molecule has 4 fully saturated rings. The lowest BCUT2D eigenvalue weighted by atomic mass is 9.50. The minimum absolute atomic E-state index is 0.0154. The van der Waals surface area contributed by atoms with E-state index >= 15 is 0 Å². The summed E-state index contributed by atoms with van der Waals surface area (Å²) >= 11 is 0. The zero-order valence-corrected chi connectivity index (χ0v) is 27.3. The second-order valence-electron chi connectivity index (χ2n) is 15.2. The minimum Gasteiger partial charge on any atom is -0.393 e. The van der Waals surface area contributed by atoms with Gasteiger partial charge in [-0.15, -0.1) is 0 Å². The number of nitrogens with one attached hydrogen (secondary N) is 1. The van der Waals surface area contributed by atoms with Crippen molar-refractivity contribution < 1.29 is 36.6 Å². The zero-order valence-electron chi connectivity index (χ0n) is 26.4. The molecule has 3 N–H and O–H groups in total. The van der Waals surface area contributed by atoms with Crippen LogP contribution in [0.2, 0.25) is 0 Å². The monoisotopic (exact) mass is 641 g/mol. The molecular weight excluding hydrogens is 591 g/mol. The van der Waals surface area contributed by atoms with E-state index in [0.29, 0.717) is 36.2 Å². The van der Waals surface area contributed by atoms with Crippen molar-refractivity contribution in [3.05, 3.63) is 29.8 Å². The largest absolute Gasteiger partial charge is 0.417 e. The first-order valence-corrected chi connectivity index (χ1v) is 18.1. The molecule has 4 aliphatic rings. The van der Waals surface area contributed by atoms with Crippen molar-refractivity contribution in [3.63, 3.8) is 0 Å². The topological polar surface area (TPSA) is 104 Å². The number of aliphatic hydroxyl groups excluding tert-OH is 2. The van der Waals surface area contributed by atoms with Crippen LogP contribution >= 0.6 is 0 Å². The number of carbonyl (C=O) groups is 1. The molecule has 0 radical (unpaired) electrons. The Hall–Kier alpha value is -1.65. The second-order valence-corrected chi connectivity index (χ2v) is 16.8. The molecule has 4 aliphatic carbocycles. The average Bonchev–Trinajstić information content (AvgIpc) is 3.18. The van der Waals surface area contributed by atoms with Gasteiger partial charge in [0.15, 0.2) is 0 Å². The molecule has 1 aromatic rings. The summed E-state index contributed by atoms with van der Waals surface area (Å²) in [7, 11) is -4.68. The van der Waals surface area contributed by atoms with Gasteiger partial charge in [-0.3, -0.25) is 4.79 Å². The maximum Gasteiger partial charge on any atom is 0.417 e. The lowest BCUT2D eigenvalue weighted by Crippen LogP contribution is -2.51. The molecule has 10 heteroatoms. The van der Waals surface area contributed by atoms with Crippen molar-refractivity contribution in [2.75, 3.05) is 0 Å². The van der Waals surface area contributed by atoms with Crippen LogP contribution in [-0.2, 0) is 21.0 Å². The first-order chi connectivity index (χ1) is 20.5. The van der Waals surface area contributed by atoms with Crippen LogP contribution in [0, 0.1) is 52.3 Å². The SMILES string of the molecule is CC[C@H]1C(O)C2C(CC[C@@]3(C)C2CC[C@@H]3[C@H](C)CCC(=O)NS(=O)(=O)c2ccccc2C(F)(F)F)[C@@]2(C)CC[C@@H](O)C[C@H]1C2. The van der Waals surface area contributed by atoms with Crippen LogP contribution in [0.4, 0.5) is 13.2 Å². The summed E-state index contributed by atoms with van der Waals surface area (Å²) in [6.07, 6.45) is 3.37. The molecule has 4 unspecified atom stereocenters. The van der Waals surface area contributed by atoms with Gasteiger partial charge >= 0.3 is 6.18 Å². The molecule has 4 saturated carbocycles. The molecule has 0 saturated heterocycles. The number of hydrogen-bond acceptors (Lipinski definition) is 5. The second kappa shape index (κ2) is 12.2. The summed E-state index contributed by atoms with van der Waals surface area (Å²) in [5, 5.41) is 22.7. The van der Waals surface area contributed by atoms with E-state index in [1.165, 1.54) is 6.07 Å². The third-order valence-corrected chi connectivity index (χ3v) is 14.2. The quantitative estimate of drug-likeness (QED) is 0.299. The van der Waals surface area contributed by atoms with Crippen LogP contribution in [0.25, 0.3) is 0 Å². The first kappa shape index (κ1) is 33.7. The normalized spacial score (nSPS) is 39.8. The van der Waals surface area contributed by atoms with Crippen molar-refractivity contribution >= 4 is 15.9 Å². The van der Waals surface area contributed by atoms with Gasteiger partial charge in [0.2, 0.25) is 5.91 Å². The molecule has 0 spiro atoms. The maximum atomic E-state index is 13.4. The van der Waals surface area contributed by atoms with Crippen LogP contribution in [0.3, 0.4) is 0 Å². The average molecular weight is 642 g/mol. The summed E-state index contributed by atoms with van der Waals surface area (Å²) in [6.45, 7) is 9.02. The standard InChI is InChI=1S/C34H50F3NO5S/c1-5-23-21-18-22(39)14-16-32(3,19-21)26-15-17-33(4)24(11-12-27(33)30(26)31(23)41)20(2)10-13-29(40)38-44(42,43)28-9-7-6-8-25(28)34(35,36)37/h6-9,20-24,26-27,30-31,39,41H,5,10-19H2,1-4H3,(H,38,40)/t20-,21+,22-,23-,24-,26?,27?,30?,31?,32+,33-/m1/s1. The Kier molecular flexibility index (Phi) is 9.33. The molecule has 6 nitrogen and oxygen atoms in total. The van der Waals surface area contributed by atoms with Crippen LogP contribution in [0.1, 0.15) is 104 Å². The highest BCUT2D eigenvalue weighted by atomic mass is 32.2. The third kappa shape index (κ3) is 6.08. The van der Waals surface area contributed by atoms with Gasteiger partial charge in [0.25, 0.3) is 10.0 Å². The number of carbonyl (C=O) groups excluding carboxylic acids is 1. The van der Waals surface area contributed by atoms with Crippen LogP contribution in [0.15, 0.2) is 29.2 Å². The maximum absolute atomic E-state index is 13.4. The molecule has 44 heavy (non-hydrogen) atoms. The van der Waals surface area contributed by atoms with Gasteiger partial charge in [-0.1, -0.05) is 46.2 Å². The highest BCUT2D eigenvalue weighted by Gasteiger charge is 2.61. The number of aliphatic hydroxyl groups is 2. The van der Waals surface area contributed by atoms with E-state index in [1.807, 2.05) is 4.72 Å². The first-order valence-electron chi connectivity index (χ1n) is 16.6. The predicted molar refractivity (Wildman–Crippen MR) is 162 cm³/mol.